The molecule has 0 aliphatic rings. The minimum absolute atomic E-state index is 0.893. The summed E-state index contributed by atoms with van der Waals surface area (Å²) in [5.74, 6) is 0. The predicted molar refractivity (Wildman–Crippen MR) is 189 cm³/mol. The minimum Gasteiger partial charge on any atom is -0.416 e. The van der Waals surface area contributed by atoms with Gasteiger partial charge in [-0.15, -0.1) is 0 Å². The number of unbranched alkanes of at least 4 members (excludes halogenated alkanes) is 6. The highest BCUT2D eigenvalue weighted by molar-refractivity contribution is 6.92. The van der Waals surface area contributed by atoms with E-state index < -0.39 is 42.6 Å². The van der Waals surface area contributed by atoms with Crippen LogP contribution in [0.4, 0.5) is 0 Å². The summed E-state index contributed by atoms with van der Waals surface area (Å²) in [7, 11) is -5.93. The number of hydrogen-bond acceptors (Lipinski definition) is 6. The Balaban J connectivity index is 5.75. The van der Waals surface area contributed by atoms with E-state index in [1.165, 1.54) is 32.1 Å². The molecule has 0 heterocycles. The van der Waals surface area contributed by atoms with Crippen molar-refractivity contribution in [1.82, 2.24) is 0 Å². The first kappa shape index (κ1) is 41.8. The van der Waals surface area contributed by atoms with Gasteiger partial charge in [-0.3, -0.25) is 0 Å². The maximum Gasteiger partial charge on any atom is 0.500 e. The van der Waals surface area contributed by atoms with Crippen LogP contribution in [0.2, 0.25) is 66.5 Å². The topological polar surface area (TPSA) is 55.4 Å². The zero-order valence-corrected chi connectivity index (χ0v) is 34.7. The Morgan fingerprint density at radius 1 is 0.317 bits per heavy atom. The standard InChI is InChI=1S/C30H72O6Si5/c1-13-37(14-2,15-3)34-41(35-38(16-4,17-5)18-6,36-39(19-7,20-8)21-9)30-28-26-24-22-23-25-27-29-40(31-10,32-11)33-12/h13-30H2,1-12H3. The molecule has 0 amide bonds. The SMILES string of the molecule is CC[Si](CC)(CC)O[Si](CCCCCCCCC[Si](OC)(OC)OC)(O[Si](CC)(CC)CC)O[Si](CC)(CC)CC. The second-order valence-corrected chi connectivity index (χ2v) is 32.9. The highest BCUT2D eigenvalue weighted by atomic mass is 28.5. The van der Waals surface area contributed by atoms with Gasteiger partial charge in [-0.05, 0) is 67.2 Å². The van der Waals surface area contributed by atoms with Crippen molar-refractivity contribution in [2.75, 3.05) is 21.3 Å². The largest absolute Gasteiger partial charge is 0.500 e. The summed E-state index contributed by atoms with van der Waals surface area (Å²) >= 11 is 0. The Morgan fingerprint density at radius 3 is 0.756 bits per heavy atom. The minimum atomic E-state index is -2.86. The molecule has 0 atom stereocenters. The van der Waals surface area contributed by atoms with Gasteiger partial charge in [-0.2, -0.15) is 0 Å². The molecule has 0 aromatic heterocycles. The van der Waals surface area contributed by atoms with Crippen LogP contribution in [-0.4, -0.2) is 63.9 Å². The molecule has 0 aromatic carbocycles. The Bertz CT molecular complexity index is 553. The van der Waals surface area contributed by atoms with Gasteiger partial charge in [-0.25, -0.2) is 0 Å². The van der Waals surface area contributed by atoms with Gasteiger partial charge in [0.1, 0.15) is 0 Å². The van der Waals surface area contributed by atoms with Crippen LogP contribution in [0, 0.1) is 0 Å². The molecule has 0 saturated heterocycles. The first-order chi connectivity index (χ1) is 19.6. The summed E-state index contributed by atoms with van der Waals surface area (Å²) in [5.41, 5.74) is 0. The Hall–Kier alpha value is 0.844. The van der Waals surface area contributed by atoms with E-state index in [1.54, 1.807) is 21.3 Å². The van der Waals surface area contributed by atoms with Gasteiger partial charge in [0.2, 0.25) is 0 Å². The van der Waals surface area contributed by atoms with Gasteiger partial charge >= 0.3 is 17.6 Å². The lowest BCUT2D eigenvalue weighted by atomic mass is 10.1. The highest BCUT2D eigenvalue weighted by Crippen LogP contribution is 2.39. The molecule has 0 fully saturated rings. The van der Waals surface area contributed by atoms with Crippen molar-refractivity contribution in [2.45, 2.75) is 174 Å². The van der Waals surface area contributed by atoms with Gasteiger partial charge in [0.05, 0.1) is 0 Å². The molecule has 6 nitrogen and oxygen atoms in total. The van der Waals surface area contributed by atoms with E-state index in [0.29, 0.717) is 0 Å². The molecule has 0 saturated carbocycles. The molecule has 0 bridgehead atoms. The normalized spacial score (nSPS) is 13.8. The Labute approximate surface area is 262 Å². The second kappa shape index (κ2) is 21.6. The molecule has 0 radical (unpaired) electrons. The summed E-state index contributed by atoms with van der Waals surface area (Å²) in [6.07, 6.45) is 8.47. The van der Waals surface area contributed by atoms with Crippen molar-refractivity contribution in [3.63, 3.8) is 0 Å². The summed E-state index contributed by atoms with van der Waals surface area (Å²) in [5, 5.41) is 0. The molecule has 0 N–H and O–H groups in total. The molecule has 0 unspecified atom stereocenters. The van der Waals surface area contributed by atoms with Crippen LogP contribution in [0.1, 0.15) is 107 Å². The van der Waals surface area contributed by atoms with Crippen molar-refractivity contribution in [3.8, 4) is 0 Å². The zero-order chi connectivity index (χ0) is 31.5. The predicted octanol–water partition coefficient (Wildman–Crippen LogP) is 10.6. The van der Waals surface area contributed by atoms with Crippen LogP contribution in [-0.2, 0) is 25.6 Å². The summed E-state index contributed by atoms with van der Waals surface area (Å²) in [4.78, 5) is 0. The fraction of sp³-hybridized carbons (Fsp3) is 1.00. The van der Waals surface area contributed by atoms with Crippen LogP contribution in [0.5, 0.6) is 0 Å². The van der Waals surface area contributed by atoms with Gasteiger partial charge < -0.3 is 25.6 Å². The van der Waals surface area contributed by atoms with E-state index >= 15 is 0 Å². The van der Waals surface area contributed by atoms with E-state index in [2.05, 4.69) is 62.3 Å². The number of hydrogen-bond donors (Lipinski definition) is 0. The van der Waals surface area contributed by atoms with Crippen molar-refractivity contribution in [3.05, 3.63) is 0 Å². The zero-order valence-electron chi connectivity index (χ0n) is 29.7. The third-order valence-electron chi connectivity index (χ3n) is 10.3. The van der Waals surface area contributed by atoms with Crippen molar-refractivity contribution >= 4 is 42.6 Å². The molecule has 0 aliphatic carbocycles. The van der Waals surface area contributed by atoms with Gasteiger partial charge in [0, 0.05) is 33.4 Å². The maximum atomic E-state index is 7.59. The maximum absolute atomic E-state index is 7.59. The van der Waals surface area contributed by atoms with E-state index in [1.807, 2.05) is 0 Å². The van der Waals surface area contributed by atoms with Crippen LogP contribution in [0.15, 0.2) is 0 Å². The van der Waals surface area contributed by atoms with Crippen LogP contribution < -0.4 is 0 Å². The lowest BCUT2D eigenvalue weighted by molar-refractivity contribution is 0.122. The van der Waals surface area contributed by atoms with Crippen LogP contribution in [0.25, 0.3) is 0 Å². The summed E-state index contributed by atoms with van der Waals surface area (Å²) < 4.78 is 39.5. The smallest absolute Gasteiger partial charge is 0.416 e. The molecule has 41 heavy (non-hydrogen) atoms. The monoisotopic (exact) mass is 668 g/mol. The quantitative estimate of drug-likeness (QED) is 0.0611. The average molecular weight is 669 g/mol. The molecule has 0 rings (SSSR count). The van der Waals surface area contributed by atoms with Crippen LogP contribution in [0.3, 0.4) is 0 Å². The van der Waals surface area contributed by atoms with Gasteiger partial charge in [0.15, 0.2) is 25.0 Å². The fourth-order valence-corrected chi connectivity index (χ4v) is 29.2. The molecule has 0 spiro atoms. The van der Waals surface area contributed by atoms with E-state index in [-0.39, 0.29) is 0 Å². The third kappa shape index (κ3) is 13.0. The number of rotatable bonds is 28. The molecular formula is C30H72O6Si5. The fourth-order valence-electron chi connectivity index (χ4n) is 6.23. The van der Waals surface area contributed by atoms with Gasteiger partial charge in [-0.1, -0.05) is 94.4 Å². The Morgan fingerprint density at radius 2 is 0.537 bits per heavy atom. The molecule has 0 aliphatic heterocycles. The van der Waals surface area contributed by atoms with Crippen LogP contribution >= 0.6 is 0 Å². The first-order valence-corrected chi connectivity index (χ1v) is 28.8. The Kier molecular flexibility index (Phi) is 22.0. The molecule has 248 valence electrons. The van der Waals surface area contributed by atoms with Crippen molar-refractivity contribution < 1.29 is 25.6 Å². The summed E-state index contributed by atoms with van der Waals surface area (Å²) in [6.45, 7) is 21.2. The van der Waals surface area contributed by atoms with E-state index in [0.717, 1.165) is 79.3 Å². The first-order valence-electron chi connectivity index (χ1n) is 17.3. The lowest BCUT2D eigenvalue weighted by Crippen LogP contribution is -2.64. The van der Waals surface area contributed by atoms with Crippen molar-refractivity contribution in [2.24, 2.45) is 0 Å². The van der Waals surface area contributed by atoms with E-state index in [9.17, 15) is 0 Å². The lowest BCUT2D eigenvalue weighted by Gasteiger charge is -2.48. The summed E-state index contributed by atoms with van der Waals surface area (Å²) in [6, 6.07) is 12.3. The average Bonchev–Trinajstić information content (AvgIpc) is 3.03. The molecule has 0 aromatic rings. The molecular weight excluding hydrogens is 597 g/mol. The third-order valence-corrected chi connectivity index (χ3v) is 34.6. The van der Waals surface area contributed by atoms with E-state index in [4.69, 9.17) is 25.6 Å². The molecule has 11 heteroatoms. The second-order valence-electron chi connectivity index (χ2n) is 12.0. The van der Waals surface area contributed by atoms with Crippen molar-refractivity contribution in [1.29, 1.82) is 0 Å². The van der Waals surface area contributed by atoms with Gasteiger partial charge in [0.25, 0.3) is 0 Å². The highest BCUT2D eigenvalue weighted by Gasteiger charge is 2.54.